The van der Waals surface area contributed by atoms with Crippen molar-refractivity contribution in [3.63, 3.8) is 0 Å². The predicted octanol–water partition coefficient (Wildman–Crippen LogP) is 14.8. The molecule has 0 spiro atoms. The molecule has 12 rings (SSSR count). The molecule has 4 heteroatoms. The summed E-state index contributed by atoms with van der Waals surface area (Å²) in [6.07, 6.45) is 0. The summed E-state index contributed by atoms with van der Waals surface area (Å²) in [4.78, 5) is 4.82. The minimum absolute atomic E-state index is 0.891. The number of nitrogens with zero attached hydrogens (tertiary/aromatic N) is 2. The first kappa shape index (κ1) is 34.6. The third kappa shape index (κ3) is 5.21. The summed E-state index contributed by atoms with van der Waals surface area (Å²) in [6.45, 7) is 5.05. The van der Waals surface area contributed by atoms with Gasteiger partial charge < -0.3 is 14.2 Å². The van der Waals surface area contributed by atoms with E-state index < -0.39 is 8.07 Å². The average molecular weight is 785 g/mol. The molecule has 10 aromatic carbocycles. The molecule has 0 N–H and O–H groups in total. The first-order valence-electron chi connectivity index (χ1n) is 20.8. The van der Waals surface area contributed by atoms with E-state index >= 15 is 0 Å². The molecule has 1 aliphatic rings. The van der Waals surface area contributed by atoms with Crippen LogP contribution in [0.4, 0.5) is 34.1 Å². The van der Waals surface area contributed by atoms with Crippen molar-refractivity contribution in [1.82, 2.24) is 0 Å². The first-order chi connectivity index (χ1) is 29.5. The van der Waals surface area contributed by atoms with Crippen LogP contribution in [0.5, 0.6) is 0 Å². The van der Waals surface area contributed by atoms with Crippen molar-refractivity contribution < 1.29 is 4.42 Å². The van der Waals surface area contributed by atoms with Gasteiger partial charge in [0, 0.05) is 38.9 Å². The minimum Gasteiger partial charge on any atom is -0.454 e. The van der Waals surface area contributed by atoms with Crippen LogP contribution < -0.4 is 20.2 Å². The molecule has 0 radical (unpaired) electrons. The normalized spacial score (nSPS) is 13.0. The molecule has 2 heterocycles. The molecule has 60 heavy (non-hydrogen) atoms. The Balaban J connectivity index is 1.04. The Morgan fingerprint density at radius 2 is 0.967 bits per heavy atom. The third-order valence-electron chi connectivity index (χ3n) is 12.8. The number of fused-ring (bicyclic) bond motifs is 8. The van der Waals surface area contributed by atoms with Crippen LogP contribution in [0.1, 0.15) is 0 Å². The third-order valence-corrected chi connectivity index (χ3v) is 16.3. The van der Waals surface area contributed by atoms with Gasteiger partial charge in [-0.15, -0.1) is 0 Å². The summed E-state index contributed by atoms with van der Waals surface area (Å²) < 4.78 is 6.64. The maximum absolute atomic E-state index is 6.64. The minimum atomic E-state index is -2.27. The fraction of sp³-hybridized carbons (Fsp3) is 0.0357. The fourth-order valence-electron chi connectivity index (χ4n) is 9.96. The van der Waals surface area contributed by atoms with Gasteiger partial charge in [-0.2, -0.15) is 0 Å². The topological polar surface area (TPSA) is 19.6 Å². The molecular weight excluding hydrogens is 745 g/mol. The molecule has 1 aromatic heterocycles. The van der Waals surface area contributed by atoms with E-state index in [1.54, 1.807) is 0 Å². The fourth-order valence-corrected chi connectivity index (χ4v) is 13.1. The summed E-state index contributed by atoms with van der Waals surface area (Å²) in [5, 5.41) is 12.8. The molecule has 284 valence electrons. The lowest BCUT2D eigenvalue weighted by molar-refractivity contribution is 0.669. The maximum atomic E-state index is 6.64. The standard InChI is InChI=1S/C56H40N2OSi/c1-60(2)53-26-14-23-49-50(57(39-16-5-3-6-17-39)41-29-31-44-38(35-41)28-27-37-15-9-10-20-43(37)44)34-33-47(55(49)53)46-32-30-42(36-54(46)60)58(40-18-7-4-8-19-40)51-24-13-22-48-45-21-11-12-25-52(45)59-56(48)51/h3-36H,1-2H3. The lowest BCUT2D eigenvalue weighted by Gasteiger charge is -2.36. The van der Waals surface area contributed by atoms with Crippen LogP contribution in [0.25, 0.3) is 65.4 Å². The summed E-state index contributed by atoms with van der Waals surface area (Å²) in [5.74, 6) is 0. The molecular formula is C56H40N2OSi. The van der Waals surface area contributed by atoms with E-state index in [1.165, 1.54) is 59.5 Å². The van der Waals surface area contributed by atoms with Gasteiger partial charge >= 0.3 is 0 Å². The molecule has 0 bridgehead atoms. The molecule has 0 aliphatic carbocycles. The number of benzene rings is 10. The van der Waals surface area contributed by atoms with Crippen molar-refractivity contribution in [3.8, 4) is 11.1 Å². The van der Waals surface area contributed by atoms with E-state index in [-0.39, 0.29) is 0 Å². The highest BCUT2D eigenvalue weighted by Gasteiger charge is 2.37. The highest BCUT2D eigenvalue weighted by atomic mass is 28.3. The highest BCUT2D eigenvalue weighted by molar-refractivity contribution is 7.03. The van der Waals surface area contributed by atoms with E-state index in [0.717, 1.165) is 50.4 Å². The van der Waals surface area contributed by atoms with Gasteiger partial charge in [0.1, 0.15) is 13.7 Å². The van der Waals surface area contributed by atoms with Crippen LogP contribution in [0, 0.1) is 0 Å². The number of hydrogen-bond acceptors (Lipinski definition) is 3. The monoisotopic (exact) mass is 784 g/mol. The zero-order valence-electron chi connectivity index (χ0n) is 33.4. The Hall–Kier alpha value is -7.40. The highest BCUT2D eigenvalue weighted by Crippen LogP contribution is 2.46. The number of rotatable bonds is 6. The molecule has 0 saturated carbocycles. The molecule has 0 atom stereocenters. The zero-order valence-corrected chi connectivity index (χ0v) is 34.4. The maximum Gasteiger partial charge on any atom is 0.159 e. The zero-order chi connectivity index (χ0) is 40.0. The van der Waals surface area contributed by atoms with E-state index in [2.05, 4.69) is 223 Å². The molecule has 0 fully saturated rings. The van der Waals surface area contributed by atoms with Gasteiger partial charge in [-0.1, -0.05) is 153 Å². The van der Waals surface area contributed by atoms with Crippen molar-refractivity contribution in [2.24, 2.45) is 0 Å². The molecule has 0 saturated heterocycles. The summed E-state index contributed by atoms with van der Waals surface area (Å²) in [5.41, 5.74) is 11.1. The summed E-state index contributed by atoms with van der Waals surface area (Å²) in [6, 6.07) is 75.4. The van der Waals surface area contributed by atoms with Crippen LogP contribution in [0.3, 0.4) is 0 Å². The van der Waals surface area contributed by atoms with Gasteiger partial charge in [-0.3, -0.25) is 0 Å². The Morgan fingerprint density at radius 1 is 0.367 bits per heavy atom. The molecule has 1 aliphatic heterocycles. The molecule has 0 unspecified atom stereocenters. The van der Waals surface area contributed by atoms with Crippen molar-refractivity contribution in [3.05, 3.63) is 206 Å². The van der Waals surface area contributed by atoms with Gasteiger partial charge in [0.15, 0.2) is 5.58 Å². The van der Waals surface area contributed by atoms with Crippen LogP contribution >= 0.6 is 0 Å². The van der Waals surface area contributed by atoms with Crippen LogP contribution in [0.15, 0.2) is 211 Å². The Kier molecular flexibility index (Phi) is 7.68. The SMILES string of the molecule is C[Si]1(C)c2cc(N(c3ccccc3)c3cccc4c3oc3ccccc34)ccc2-c2ccc(N(c3ccccc3)c3ccc4c(ccc5ccccc54)c3)c3cccc1c23. The average Bonchev–Trinajstić information content (AvgIpc) is 3.69. The van der Waals surface area contributed by atoms with Crippen LogP contribution in [0.2, 0.25) is 13.1 Å². The van der Waals surface area contributed by atoms with Crippen molar-refractivity contribution in [2.45, 2.75) is 13.1 Å². The van der Waals surface area contributed by atoms with Gasteiger partial charge in [0.25, 0.3) is 0 Å². The molecule has 11 aromatic rings. The van der Waals surface area contributed by atoms with Crippen LogP contribution in [-0.2, 0) is 0 Å². The van der Waals surface area contributed by atoms with E-state index in [0.29, 0.717) is 0 Å². The van der Waals surface area contributed by atoms with Crippen molar-refractivity contribution >= 4 is 107 Å². The second-order valence-electron chi connectivity index (χ2n) is 16.5. The second-order valence-corrected chi connectivity index (χ2v) is 20.8. The van der Waals surface area contributed by atoms with Gasteiger partial charge in [0.2, 0.25) is 0 Å². The number of para-hydroxylation sites is 4. The first-order valence-corrected chi connectivity index (χ1v) is 23.8. The lowest BCUT2D eigenvalue weighted by Crippen LogP contribution is -2.56. The molecule has 0 amide bonds. The summed E-state index contributed by atoms with van der Waals surface area (Å²) in [7, 11) is -2.27. The number of anilines is 6. The Morgan fingerprint density at radius 3 is 1.78 bits per heavy atom. The smallest absolute Gasteiger partial charge is 0.159 e. The quantitative estimate of drug-likeness (QED) is 0.124. The van der Waals surface area contributed by atoms with Gasteiger partial charge in [-0.05, 0) is 115 Å². The Labute approximate surface area is 350 Å². The van der Waals surface area contributed by atoms with Crippen molar-refractivity contribution in [1.29, 1.82) is 0 Å². The van der Waals surface area contributed by atoms with E-state index in [4.69, 9.17) is 4.42 Å². The summed E-state index contributed by atoms with van der Waals surface area (Å²) >= 11 is 0. The largest absolute Gasteiger partial charge is 0.454 e. The predicted molar refractivity (Wildman–Crippen MR) is 258 cm³/mol. The van der Waals surface area contributed by atoms with Gasteiger partial charge in [0.05, 0.1) is 11.4 Å². The van der Waals surface area contributed by atoms with Crippen molar-refractivity contribution in [2.75, 3.05) is 9.80 Å². The van der Waals surface area contributed by atoms with Crippen LogP contribution in [-0.4, -0.2) is 8.07 Å². The Bertz CT molecular complexity index is 3480. The number of hydrogen-bond donors (Lipinski definition) is 0. The van der Waals surface area contributed by atoms with E-state index in [9.17, 15) is 0 Å². The van der Waals surface area contributed by atoms with Gasteiger partial charge in [-0.25, -0.2) is 0 Å². The molecule has 3 nitrogen and oxygen atoms in total. The number of furan rings is 1. The lowest BCUT2D eigenvalue weighted by atomic mass is 9.95. The van der Waals surface area contributed by atoms with E-state index in [1.807, 2.05) is 6.07 Å². The second kappa shape index (κ2) is 13.3.